The number of ether oxygens (including phenoxy) is 1. The van der Waals surface area contributed by atoms with Crippen molar-refractivity contribution < 1.29 is 9.53 Å². The molecule has 5 nitrogen and oxygen atoms in total. The molecule has 5 heteroatoms. The Kier molecular flexibility index (Phi) is 5.01. The molecule has 15 heavy (non-hydrogen) atoms. The zero-order valence-electron chi connectivity index (χ0n) is 9.61. The molecule has 1 heterocycles. The van der Waals surface area contributed by atoms with Gasteiger partial charge >= 0.3 is 0 Å². The summed E-state index contributed by atoms with van der Waals surface area (Å²) in [5.41, 5.74) is 5.56. The van der Waals surface area contributed by atoms with Gasteiger partial charge in [0.2, 0.25) is 5.91 Å². The molecule has 0 unspecified atom stereocenters. The number of carbonyl (C=O) groups is 1. The molecule has 1 atom stereocenters. The highest BCUT2D eigenvalue weighted by Crippen LogP contribution is 2.02. The van der Waals surface area contributed by atoms with E-state index < -0.39 is 0 Å². The first-order valence-electron chi connectivity index (χ1n) is 5.41. The molecule has 0 bridgehead atoms. The van der Waals surface area contributed by atoms with Crippen molar-refractivity contribution in [3.63, 3.8) is 0 Å². The first-order chi connectivity index (χ1) is 7.15. The fourth-order valence-electron chi connectivity index (χ4n) is 1.70. The molecule has 0 aliphatic carbocycles. The molecule has 1 amide bonds. The number of amides is 1. The average molecular weight is 215 g/mol. The van der Waals surface area contributed by atoms with Crippen LogP contribution in [0.3, 0.4) is 0 Å². The minimum absolute atomic E-state index is 0.0568. The van der Waals surface area contributed by atoms with Crippen molar-refractivity contribution in [1.29, 1.82) is 0 Å². The van der Waals surface area contributed by atoms with Crippen LogP contribution in [0.25, 0.3) is 0 Å². The average Bonchev–Trinajstić information content (AvgIpc) is 2.26. The van der Waals surface area contributed by atoms with Crippen LogP contribution in [0.2, 0.25) is 0 Å². The highest BCUT2D eigenvalue weighted by Gasteiger charge is 2.22. The van der Waals surface area contributed by atoms with E-state index in [2.05, 4.69) is 4.90 Å². The second-order valence-corrected chi connectivity index (χ2v) is 3.95. The van der Waals surface area contributed by atoms with E-state index in [9.17, 15) is 4.79 Å². The minimum atomic E-state index is -0.379. The number of piperazine rings is 1. The number of methoxy groups -OCH3 is 1. The van der Waals surface area contributed by atoms with Crippen LogP contribution in [-0.2, 0) is 9.53 Å². The van der Waals surface area contributed by atoms with Crippen LogP contribution in [0.5, 0.6) is 0 Å². The summed E-state index contributed by atoms with van der Waals surface area (Å²) in [6.07, 6.45) is 0. The van der Waals surface area contributed by atoms with Crippen LogP contribution in [0.1, 0.15) is 6.92 Å². The van der Waals surface area contributed by atoms with E-state index in [1.807, 2.05) is 4.90 Å². The van der Waals surface area contributed by atoms with Gasteiger partial charge in [0, 0.05) is 39.8 Å². The number of nitrogens with zero attached hydrogens (tertiary/aromatic N) is 2. The molecular weight excluding hydrogens is 194 g/mol. The van der Waals surface area contributed by atoms with Gasteiger partial charge in [-0.3, -0.25) is 9.69 Å². The van der Waals surface area contributed by atoms with Crippen LogP contribution >= 0.6 is 0 Å². The largest absolute Gasteiger partial charge is 0.383 e. The Morgan fingerprint density at radius 2 is 2.00 bits per heavy atom. The topological polar surface area (TPSA) is 58.8 Å². The molecule has 0 spiro atoms. The predicted molar refractivity (Wildman–Crippen MR) is 58.5 cm³/mol. The predicted octanol–water partition coefficient (Wildman–Crippen LogP) is -0.876. The van der Waals surface area contributed by atoms with Crippen molar-refractivity contribution in [3.05, 3.63) is 0 Å². The Morgan fingerprint density at radius 1 is 1.40 bits per heavy atom. The molecule has 1 aliphatic rings. The lowest BCUT2D eigenvalue weighted by atomic mass is 10.2. The summed E-state index contributed by atoms with van der Waals surface area (Å²) in [6.45, 7) is 6.83. The lowest BCUT2D eigenvalue weighted by Crippen LogP contribution is -2.52. The Morgan fingerprint density at radius 3 is 2.47 bits per heavy atom. The van der Waals surface area contributed by atoms with Crippen LogP contribution in [0.4, 0.5) is 0 Å². The number of nitrogens with two attached hydrogens (primary N) is 1. The van der Waals surface area contributed by atoms with E-state index in [0.29, 0.717) is 0 Å². The van der Waals surface area contributed by atoms with Gasteiger partial charge in [-0.15, -0.1) is 0 Å². The Hall–Kier alpha value is -0.650. The minimum Gasteiger partial charge on any atom is -0.383 e. The van der Waals surface area contributed by atoms with Crippen molar-refractivity contribution in [2.24, 2.45) is 5.73 Å². The van der Waals surface area contributed by atoms with Crippen molar-refractivity contribution >= 4 is 5.91 Å². The van der Waals surface area contributed by atoms with Crippen LogP contribution in [0.15, 0.2) is 0 Å². The molecule has 88 valence electrons. The van der Waals surface area contributed by atoms with Gasteiger partial charge < -0.3 is 15.4 Å². The standard InChI is InChI=1S/C10H21N3O2/c1-9(11)10(14)13-5-3-12(4-6-13)7-8-15-2/h9H,3-8,11H2,1-2H3/t9-/m1/s1. The highest BCUT2D eigenvalue weighted by molar-refractivity contribution is 5.81. The Bertz CT molecular complexity index is 201. The maximum atomic E-state index is 11.6. The van der Waals surface area contributed by atoms with E-state index in [1.165, 1.54) is 0 Å². The molecule has 0 aromatic rings. The van der Waals surface area contributed by atoms with Crippen molar-refractivity contribution in [3.8, 4) is 0 Å². The lowest BCUT2D eigenvalue weighted by molar-refractivity contribution is -0.134. The molecule has 1 rings (SSSR count). The molecule has 0 radical (unpaired) electrons. The van der Waals surface area contributed by atoms with Crippen LogP contribution in [0, 0.1) is 0 Å². The van der Waals surface area contributed by atoms with E-state index in [4.69, 9.17) is 10.5 Å². The smallest absolute Gasteiger partial charge is 0.239 e. The van der Waals surface area contributed by atoms with Gasteiger partial charge in [-0.25, -0.2) is 0 Å². The van der Waals surface area contributed by atoms with Gasteiger partial charge in [0.05, 0.1) is 12.6 Å². The Balaban J connectivity index is 2.26. The van der Waals surface area contributed by atoms with Gasteiger partial charge in [-0.2, -0.15) is 0 Å². The zero-order valence-corrected chi connectivity index (χ0v) is 9.61. The molecular formula is C10H21N3O2. The third-order valence-electron chi connectivity index (χ3n) is 2.69. The first kappa shape index (κ1) is 12.4. The molecule has 1 fully saturated rings. The number of carbonyl (C=O) groups excluding carboxylic acids is 1. The SMILES string of the molecule is COCCN1CCN(C(=O)[C@@H](C)N)CC1. The van der Waals surface area contributed by atoms with E-state index >= 15 is 0 Å². The monoisotopic (exact) mass is 215 g/mol. The van der Waals surface area contributed by atoms with Crippen molar-refractivity contribution in [2.45, 2.75) is 13.0 Å². The fourth-order valence-corrected chi connectivity index (χ4v) is 1.70. The van der Waals surface area contributed by atoms with Gasteiger partial charge in [-0.05, 0) is 6.92 Å². The van der Waals surface area contributed by atoms with E-state index in [0.717, 1.165) is 39.3 Å². The summed E-state index contributed by atoms with van der Waals surface area (Å²) in [4.78, 5) is 15.7. The molecule has 1 aliphatic heterocycles. The van der Waals surface area contributed by atoms with Gasteiger partial charge in [-0.1, -0.05) is 0 Å². The Labute approximate surface area is 91.2 Å². The fraction of sp³-hybridized carbons (Fsp3) is 0.900. The number of hydrogen-bond donors (Lipinski definition) is 1. The van der Waals surface area contributed by atoms with E-state index in [1.54, 1.807) is 14.0 Å². The quantitative estimate of drug-likeness (QED) is 0.662. The number of rotatable bonds is 4. The summed E-state index contributed by atoms with van der Waals surface area (Å²) >= 11 is 0. The molecule has 2 N–H and O–H groups in total. The summed E-state index contributed by atoms with van der Waals surface area (Å²) in [7, 11) is 1.70. The summed E-state index contributed by atoms with van der Waals surface area (Å²) in [5, 5.41) is 0. The van der Waals surface area contributed by atoms with Crippen LogP contribution < -0.4 is 5.73 Å². The summed E-state index contributed by atoms with van der Waals surface area (Å²) in [5.74, 6) is 0.0568. The molecule has 0 aromatic carbocycles. The van der Waals surface area contributed by atoms with Gasteiger partial charge in [0.15, 0.2) is 0 Å². The van der Waals surface area contributed by atoms with Crippen LogP contribution in [-0.4, -0.2) is 68.2 Å². The maximum Gasteiger partial charge on any atom is 0.239 e. The second kappa shape index (κ2) is 6.05. The van der Waals surface area contributed by atoms with Crippen molar-refractivity contribution in [1.82, 2.24) is 9.80 Å². The third-order valence-corrected chi connectivity index (χ3v) is 2.69. The summed E-state index contributed by atoms with van der Waals surface area (Å²) < 4.78 is 5.01. The van der Waals surface area contributed by atoms with Crippen molar-refractivity contribution in [2.75, 3.05) is 46.4 Å². The lowest BCUT2D eigenvalue weighted by Gasteiger charge is -2.35. The van der Waals surface area contributed by atoms with Gasteiger partial charge in [0.25, 0.3) is 0 Å². The normalized spacial score (nSPS) is 20.3. The second-order valence-electron chi connectivity index (χ2n) is 3.95. The first-order valence-corrected chi connectivity index (χ1v) is 5.41. The maximum absolute atomic E-state index is 11.6. The summed E-state index contributed by atoms with van der Waals surface area (Å²) in [6, 6.07) is -0.379. The van der Waals surface area contributed by atoms with E-state index in [-0.39, 0.29) is 11.9 Å². The molecule has 0 saturated carbocycles. The third kappa shape index (κ3) is 3.77. The molecule has 1 saturated heterocycles. The molecule has 0 aromatic heterocycles. The zero-order chi connectivity index (χ0) is 11.3. The number of hydrogen-bond acceptors (Lipinski definition) is 4. The van der Waals surface area contributed by atoms with Gasteiger partial charge in [0.1, 0.15) is 0 Å². The highest BCUT2D eigenvalue weighted by atomic mass is 16.5.